The Morgan fingerprint density at radius 2 is 2.06 bits per heavy atom. The fraction of sp³-hybridized carbons (Fsp3) is 0.692. The van der Waals surface area contributed by atoms with Crippen molar-refractivity contribution in [3.63, 3.8) is 0 Å². The van der Waals surface area contributed by atoms with E-state index in [4.69, 9.17) is 0 Å². The highest BCUT2D eigenvalue weighted by atomic mass is 32.2. The lowest BCUT2D eigenvalue weighted by Crippen LogP contribution is -2.22. The molecule has 0 bridgehead atoms. The number of hydrogen-bond donors (Lipinski definition) is 0. The molecule has 1 aliphatic heterocycles. The smallest absolute Gasteiger partial charge is 0.228 e. The number of aromatic nitrogens is 3. The molecule has 0 atom stereocenters. The highest BCUT2D eigenvalue weighted by molar-refractivity contribution is 7.99. The maximum absolute atomic E-state index is 4.43. The van der Waals surface area contributed by atoms with Crippen molar-refractivity contribution < 1.29 is 0 Å². The summed E-state index contributed by atoms with van der Waals surface area (Å²) in [6.45, 7) is 4.34. The maximum atomic E-state index is 4.43. The summed E-state index contributed by atoms with van der Waals surface area (Å²) in [7, 11) is 0. The van der Waals surface area contributed by atoms with E-state index in [2.05, 4.69) is 38.7 Å². The van der Waals surface area contributed by atoms with E-state index < -0.39 is 0 Å². The van der Waals surface area contributed by atoms with Gasteiger partial charge < -0.3 is 4.90 Å². The van der Waals surface area contributed by atoms with E-state index >= 15 is 0 Å². The fourth-order valence-corrected chi connectivity index (χ4v) is 3.28. The molecule has 18 heavy (non-hydrogen) atoms. The zero-order valence-corrected chi connectivity index (χ0v) is 11.7. The second-order valence-corrected chi connectivity index (χ2v) is 5.95. The van der Waals surface area contributed by atoms with Crippen LogP contribution in [0.5, 0.6) is 0 Å². The summed E-state index contributed by atoms with van der Waals surface area (Å²) in [6.07, 6.45) is 9.42. The van der Waals surface area contributed by atoms with Crippen LogP contribution in [0.25, 0.3) is 0 Å². The molecule has 3 rings (SSSR count). The number of thioether (sulfide) groups is 1. The molecular formula is C13H20N4S. The molecule has 1 aromatic heterocycles. The van der Waals surface area contributed by atoms with Crippen molar-refractivity contribution in [3.8, 4) is 0 Å². The summed E-state index contributed by atoms with van der Waals surface area (Å²) in [4.78, 5) is 2.39. The molecule has 2 fully saturated rings. The Morgan fingerprint density at radius 1 is 1.28 bits per heavy atom. The van der Waals surface area contributed by atoms with Gasteiger partial charge in [-0.3, -0.25) is 4.57 Å². The van der Waals surface area contributed by atoms with E-state index in [0.29, 0.717) is 6.04 Å². The molecule has 0 N–H and O–H groups in total. The summed E-state index contributed by atoms with van der Waals surface area (Å²) in [5.41, 5.74) is 0. The van der Waals surface area contributed by atoms with E-state index in [-0.39, 0.29) is 0 Å². The molecule has 1 saturated carbocycles. The molecule has 1 aliphatic carbocycles. The molecule has 0 aromatic carbocycles. The average Bonchev–Trinajstić information content (AvgIpc) is 2.93. The SMILES string of the molecule is CC=CCSc1nnc(N2CCCC2)n1C1CC1. The van der Waals surface area contributed by atoms with Crippen LogP contribution < -0.4 is 4.90 Å². The van der Waals surface area contributed by atoms with Crippen LogP contribution in [0.3, 0.4) is 0 Å². The first-order chi connectivity index (χ1) is 8.90. The normalized spacial score (nSPS) is 20.2. The zero-order valence-electron chi connectivity index (χ0n) is 10.9. The maximum Gasteiger partial charge on any atom is 0.228 e. The van der Waals surface area contributed by atoms with Crippen molar-refractivity contribution in [1.29, 1.82) is 0 Å². The third kappa shape index (κ3) is 2.41. The Morgan fingerprint density at radius 3 is 2.72 bits per heavy atom. The predicted octanol–water partition coefficient (Wildman–Crippen LogP) is 2.88. The van der Waals surface area contributed by atoms with Gasteiger partial charge in [0, 0.05) is 24.9 Å². The van der Waals surface area contributed by atoms with Crippen molar-refractivity contribution in [2.75, 3.05) is 23.7 Å². The Hall–Kier alpha value is -0.970. The molecule has 4 nitrogen and oxygen atoms in total. The molecule has 0 unspecified atom stereocenters. The lowest BCUT2D eigenvalue weighted by atomic mass is 10.4. The van der Waals surface area contributed by atoms with Gasteiger partial charge in [0.25, 0.3) is 0 Å². The third-order valence-corrected chi connectivity index (χ3v) is 4.39. The van der Waals surface area contributed by atoms with Gasteiger partial charge in [-0.15, -0.1) is 10.2 Å². The minimum absolute atomic E-state index is 0.656. The van der Waals surface area contributed by atoms with Gasteiger partial charge in [0.05, 0.1) is 0 Å². The van der Waals surface area contributed by atoms with Gasteiger partial charge in [-0.2, -0.15) is 0 Å². The number of hydrogen-bond acceptors (Lipinski definition) is 4. The van der Waals surface area contributed by atoms with E-state index in [1.165, 1.54) is 25.7 Å². The van der Waals surface area contributed by atoms with E-state index in [9.17, 15) is 0 Å². The molecule has 2 aliphatic rings. The Bertz CT molecular complexity index is 430. The Balaban J connectivity index is 1.80. The van der Waals surface area contributed by atoms with Gasteiger partial charge in [0.2, 0.25) is 5.95 Å². The number of anilines is 1. The molecule has 5 heteroatoms. The van der Waals surface area contributed by atoms with Gasteiger partial charge in [-0.1, -0.05) is 23.9 Å². The number of rotatable bonds is 5. The van der Waals surface area contributed by atoms with Gasteiger partial charge in [0.15, 0.2) is 5.16 Å². The van der Waals surface area contributed by atoms with Gasteiger partial charge in [-0.05, 0) is 32.6 Å². The van der Waals surface area contributed by atoms with Crippen LogP contribution in [-0.2, 0) is 0 Å². The van der Waals surface area contributed by atoms with Crippen molar-refractivity contribution in [2.45, 2.75) is 43.8 Å². The third-order valence-electron chi connectivity index (χ3n) is 3.49. The first-order valence-electron chi connectivity index (χ1n) is 6.84. The minimum atomic E-state index is 0.656. The summed E-state index contributed by atoms with van der Waals surface area (Å²) in [5.74, 6) is 2.10. The second kappa shape index (κ2) is 5.34. The average molecular weight is 264 g/mol. The molecule has 0 spiro atoms. The lowest BCUT2D eigenvalue weighted by Gasteiger charge is -2.17. The van der Waals surface area contributed by atoms with Crippen molar-refractivity contribution >= 4 is 17.7 Å². The Kier molecular flexibility index (Phi) is 3.59. The first-order valence-corrected chi connectivity index (χ1v) is 7.82. The van der Waals surface area contributed by atoms with Crippen molar-refractivity contribution in [2.24, 2.45) is 0 Å². The molecule has 0 amide bonds. The van der Waals surface area contributed by atoms with E-state index in [0.717, 1.165) is 29.9 Å². The topological polar surface area (TPSA) is 34.0 Å². The van der Waals surface area contributed by atoms with Crippen LogP contribution in [0.1, 0.15) is 38.6 Å². The lowest BCUT2D eigenvalue weighted by molar-refractivity contribution is 0.652. The van der Waals surface area contributed by atoms with Crippen LogP contribution >= 0.6 is 11.8 Å². The highest BCUT2D eigenvalue weighted by Crippen LogP contribution is 2.41. The van der Waals surface area contributed by atoms with Gasteiger partial charge in [-0.25, -0.2) is 0 Å². The molecule has 1 aromatic rings. The van der Waals surface area contributed by atoms with Gasteiger partial charge in [0.1, 0.15) is 0 Å². The fourth-order valence-electron chi connectivity index (χ4n) is 2.37. The van der Waals surface area contributed by atoms with Crippen LogP contribution in [-0.4, -0.2) is 33.6 Å². The van der Waals surface area contributed by atoms with Crippen LogP contribution in [0, 0.1) is 0 Å². The van der Waals surface area contributed by atoms with Crippen LogP contribution in [0.4, 0.5) is 5.95 Å². The standard InChI is InChI=1S/C13H20N4S/c1-2-3-10-18-13-15-14-12(16-8-4-5-9-16)17(13)11-6-7-11/h2-3,11H,4-10H2,1H3. The number of nitrogens with zero attached hydrogens (tertiary/aromatic N) is 4. The minimum Gasteiger partial charge on any atom is -0.341 e. The van der Waals surface area contributed by atoms with Gasteiger partial charge >= 0.3 is 0 Å². The molecule has 2 heterocycles. The van der Waals surface area contributed by atoms with Crippen molar-refractivity contribution in [1.82, 2.24) is 14.8 Å². The zero-order chi connectivity index (χ0) is 12.4. The quantitative estimate of drug-likeness (QED) is 0.605. The number of allylic oxidation sites excluding steroid dienone is 1. The van der Waals surface area contributed by atoms with E-state index in [1.54, 1.807) is 11.8 Å². The van der Waals surface area contributed by atoms with Crippen molar-refractivity contribution in [3.05, 3.63) is 12.2 Å². The summed E-state index contributed by atoms with van der Waals surface area (Å²) in [5, 5.41) is 9.92. The van der Waals surface area contributed by atoms with Crippen LogP contribution in [0.15, 0.2) is 17.3 Å². The molecule has 0 radical (unpaired) electrons. The summed E-state index contributed by atoms with van der Waals surface area (Å²) >= 11 is 1.80. The summed E-state index contributed by atoms with van der Waals surface area (Å²) < 4.78 is 2.37. The molecule has 98 valence electrons. The summed E-state index contributed by atoms with van der Waals surface area (Å²) in [6, 6.07) is 0.656. The molecule has 1 saturated heterocycles. The largest absolute Gasteiger partial charge is 0.341 e. The van der Waals surface area contributed by atoms with E-state index in [1.807, 2.05) is 0 Å². The van der Waals surface area contributed by atoms with Crippen LogP contribution in [0.2, 0.25) is 0 Å². The monoisotopic (exact) mass is 264 g/mol. The predicted molar refractivity (Wildman–Crippen MR) is 75.3 cm³/mol. The molecular weight excluding hydrogens is 244 g/mol. The first kappa shape index (κ1) is 12.1. The highest BCUT2D eigenvalue weighted by Gasteiger charge is 2.32. The Labute approximate surface area is 112 Å². The second-order valence-electron chi connectivity index (χ2n) is 4.96.